The van der Waals surface area contributed by atoms with Crippen LogP contribution < -0.4 is 60.8 Å². The molecule has 0 aliphatic carbocycles. The smallest absolute Gasteiger partial charge is 0.323 e. The second-order valence-corrected chi connectivity index (χ2v) is 28.3. The number of aryl methyl sites for hydroxylation is 4. The molecule has 12 unspecified atom stereocenters. The molecular formula is C96H152N8O16. The van der Waals surface area contributed by atoms with Gasteiger partial charge in [0.05, 0.1) is 75.9 Å². The minimum absolute atomic E-state index is 0.0120. The first-order chi connectivity index (χ1) is 86.9. The van der Waals surface area contributed by atoms with Crippen LogP contribution in [0.25, 0.3) is 0 Å². The molecule has 0 saturated carbocycles. The summed E-state index contributed by atoms with van der Waals surface area (Å²) in [6, 6.07) is -23.0. The topological polar surface area (TPSA) is 296 Å². The molecule has 8 N–H and O–H groups in total. The fourth-order valence-corrected chi connectivity index (χ4v) is 12.2. The van der Waals surface area contributed by atoms with Crippen LogP contribution in [0.15, 0.2) is 48.5 Å². The minimum atomic E-state index is -4.22. The number of nitrogens with zero attached hydrogens (tertiary/aromatic N) is 4. The van der Waals surface area contributed by atoms with Crippen LogP contribution in [0.1, 0.15) is 337 Å². The Morgan fingerprint density at radius 1 is 0.367 bits per heavy atom. The van der Waals surface area contributed by atoms with E-state index in [2.05, 4.69) is 0 Å². The summed E-state index contributed by atoms with van der Waals surface area (Å²) in [5.41, 5.74) is 16.5. The van der Waals surface area contributed by atoms with Crippen molar-refractivity contribution in [3.63, 3.8) is 0 Å². The van der Waals surface area contributed by atoms with Gasteiger partial charge in [0.2, 0.25) is 0 Å². The number of piperidine rings is 4. The Labute approximate surface area is 828 Å². The van der Waals surface area contributed by atoms with E-state index >= 15 is 0 Å². The van der Waals surface area contributed by atoms with Gasteiger partial charge in [0.25, 0.3) is 0 Å². The molecule has 16 atom stereocenters. The molecule has 0 spiro atoms. The zero-order chi connectivity index (χ0) is 156. The first-order valence-electron chi connectivity index (χ1n) is 75.5. The predicted octanol–water partition coefficient (Wildman–Crippen LogP) is 14.3. The molecule has 4 aromatic rings. The number of carbonyl (C=O) groups excluding carboxylic acids is 4. The van der Waals surface area contributed by atoms with Crippen LogP contribution in [0.4, 0.5) is 0 Å². The Kier molecular flexibility index (Phi) is 13.1. The summed E-state index contributed by atoms with van der Waals surface area (Å²) in [4.78, 5) is 54.6. The maximum Gasteiger partial charge on any atom is 0.323 e. The third-order valence-corrected chi connectivity index (χ3v) is 17.8. The lowest BCUT2D eigenvalue weighted by Gasteiger charge is -2.47. The molecule has 8 aliphatic heterocycles. The van der Waals surface area contributed by atoms with Gasteiger partial charge in [-0.15, -0.1) is 0 Å². The highest BCUT2D eigenvalue weighted by atomic mass is 16.6. The van der Waals surface area contributed by atoms with Crippen LogP contribution in [-0.4, -0.2) is 201 Å². The van der Waals surface area contributed by atoms with Crippen LogP contribution in [-0.2, 0) is 63.6 Å². The number of hydrogen-bond donors (Lipinski definition) is 4. The zero-order valence-electron chi connectivity index (χ0n) is 146. The third kappa shape index (κ3) is 23.8. The molecule has 8 heterocycles. The van der Waals surface area contributed by atoms with Gasteiger partial charge in [0, 0.05) is 213 Å². The van der Waals surface area contributed by atoms with Crippen LogP contribution in [0.3, 0.4) is 0 Å². The van der Waals surface area contributed by atoms with Crippen molar-refractivity contribution >= 4 is 23.9 Å². The van der Waals surface area contributed by atoms with E-state index in [1.165, 1.54) is 69.6 Å². The van der Waals surface area contributed by atoms with E-state index in [4.69, 9.17) is 154 Å². The Balaban J connectivity index is 0.000000286. The van der Waals surface area contributed by atoms with Gasteiger partial charge in [-0.25, -0.2) is 0 Å². The Morgan fingerprint density at radius 2 is 0.617 bits per heavy atom. The summed E-state index contributed by atoms with van der Waals surface area (Å²) >= 11 is 0. The number of hydrogen-bond acceptors (Lipinski definition) is 24. The molecule has 120 heavy (non-hydrogen) atoms. The van der Waals surface area contributed by atoms with Gasteiger partial charge in [-0.3, -0.25) is 38.8 Å². The number of benzene rings is 4. The maximum atomic E-state index is 13.8. The van der Waals surface area contributed by atoms with Crippen molar-refractivity contribution in [2.45, 2.75) is 259 Å². The molecule has 672 valence electrons. The van der Waals surface area contributed by atoms with Gasteiger partial charge in [-0.05, 0) is 191 Å². The molecule has 0 radical (unpaired) electrons. The van der Waals surface area contributed by atoms with Gasteiger partial charge in [-0.1, -0.05) is 110 Å². The third-order valence-electron chi connectivity index (χ3n) is 17.8. The lowest BCUT2D eigenvalue weighted by molar-refractivity contribution is -0.161. The van der Waals surface area contributed by atoms with Gasteiger partial charge in [0.1, 0.15) is 48.5 Å². The Bertz CT molecular complexity index is 7450. The van der Waals surface area contributed by atoms with E-state index in [9.17, 15) is 52.1 Å². The number of ether oxygens (including phenoxy) is 12. The van der Waals surface area contributed by atoms with E-state index in [1.54, 1.807) is 0 Å². The minimum Gasteiger partial charge on any atom is -0.493 e. The summed E-state index contributed by atoms with van der Waals surface area (Å²) in [5.74, 6) is -46.0. The van der Waals surface area contributed by atoms with E-state index in [1.807, 2.05) is 0 Å². The summed E-state index contributed by atoms with van der Waals surface area (Å²) in [7, 11) is 0.245. The molecule has 4 aromatic carbocycles. The lowest BCUT2D eigenvalue weighted by atomic mass is 9.79. The number of fused-ring (bicyclic) bond motifs is 12. The van der Waals surface area contributed by atoms with Gasteiger partial charge < -0.3 is 79.8 Å². The molecule has 0 bridgehead atoms. The van der Waals surface area contributed by atoms with Crippen LogP contribution in [0.5, 0.6) is 46.0 Å². The van der Waals surface area contributed by atoms with Gasteiger partial charge in [0.15, 0.2) is 46.0 Å². The molecule has 24 nitrogen and oxygen atoms in total. The monoisotopic (exact) mass is 1750 g/mol. The molecule has 8 aliphatic rings. The summed E-state index contributed by atoms with van der Waals surface area (Å²) < 4.78 is 723. The summed E-state index contributed by atoms with van der Waals surface area (Å²) in [6.45, 7) is -50.1. The van der Waals surface area contributed by atoms with Crippen LogP contribution >= 0.6 is 0 Å². The summed E-state index contributed by atoms with van der Waals surface area (Å²) in [6.07, 6.45) is -44.4. The first kappa shape index (κ1) is 35.7. The van der Waals surface area contributed by atoms with Crippen LogP contribution in [0.2, 0.25) is 0 Å². The van der Waals surface area contributed by atoms with Crippen molar-refractivity contribution in [1.29, 1.82) is 0 Å². The number of rotatable bonds is 28. The van der Waals surface area contributed by atoms with Crippen molar-refractivity contribution in [3.8, 4) is 46.0 Å². The van der Waals surface area contributed by atoms with Crippen LogP contribution in [0, 0.1) is 70.8 Å². The molecule has 0 amide bonds. The van der Waals surface area contributed by atoms with Crippen molar-refractivity contribution in [3.05, 3.63) is 93.0 Å². The maximum absolute atomic E-state index is 13.8. The Morgan fingerprint density at radius 3 is 0.900 bits per heavy atom. The highest BCUT2D eigenvalue weighted by Crippen LogP contribution is 2.50. The van der Waals surface area contributed by atoms with E-state index < -0.39 is 432 Å². The molecule has 4 fully saturated rings. The average molecular weight is 1750 g/mol. The molecular weight excluding hydrogens is 1520 g/mol. The highest BCUT2D eigenvalue weighted by molar-refractivity contribution is 5.77. The van der Waals surface area contributed by atoms with Gasteiger partial charge in [-0.2, -0.15) is 0 Å². The van der Waals surface area contributed by atoms with E-state index in [0.717, 1.165) is 58.8 Å². The fourth-order valence-electron chi connectivity index (χ4n) is 12.2. The van der Waals surface area contributed by atoms with Crippen molar-refractivity contribution in [1.82, 2.24) is 19.6 Å². The van der Waals surface area contributed by atoms with Crippen molar-refractivity contribution < 1.29 is 183 Å². The molecule has 0 aromatic heterocycles. The predicted molar refractivity (Wildman–Crippen MR) is 471 cm³/mol. The number of carbonyl (C=O) groups is 4. The zero-order valence-corrected chi connectivity index (χ0v) is 67.7. The quantitative estimate of drug-likeness (QED) is 0.0303. The SMILES string of the molecule is [2H]C([2H])([2H])C([2H])(C([2H])([2H])[2H])[C@]([2H])(N)C(=O)OC1C([2H])([2H])C2([2H])c3cc(OC)c(OC)cc3C([2H])([2H])C([2H])([2H])N2C([2H])([2H])C1([2H])CC(C)C.[2H]C([2H])([2H])C([2H])(C([2H])([2H])[2H])[C@]([2H])(N)C(=O)OC1C([2H])([2H])C2([2H])c3cc(OC)c(OC)cc3C([2H])([2H])C([2H])([2H])N2C([2H])([2H])C1([2H])CC(C)C.[2H]C([2H])([2H])Oc1cc2c(cc1OC)C1([2H])N(C([2H])([2H])C2([2H])[2H])C([2H])([2H])C([2H])(CC(C)C)C(OC(=O)[C@@]([2H])(N)C([2H])(C([2H])([2H])[2H])C([2H])([2H])[2H])C1([2H])[2H].[2H]C([2H])([2H])Oc1cc2c(cc1OC)C1N(C([2H])([2H])C2([2H])[2H])C([2H])([2H])C([2H])(CC(C)C)C([2H])(OC(=O)[C@@]([2H])(N)C([2H])(C([2H])([2H])[2H])C([2H])([2H])[2H])C1([2H])[2H]. The first-order valence-corrected chi connectivity index (χ1v) is 36.5. The lowest BCUT2D eigenvalue weighted by Crippen LogP contribution is -2.51. The normalized spacial score (nSPS) is 48.5. The number of esters is 4. The molecule has 24 heteroatoms. The summed E-state index contributed by atoms with van der Waals surface area (Å²) in [5, 5.41) is 0. The molecule has 12 rings (SSSR count). The number of nitrogens with two attached hydrogens (primary N) is 4. The van der Waals surface area contributed by atoms with E-state index in [-0.39, 0.29) is 42.6 Å². The van der Waals surface area contributed by atoms with Crippen molar-refractivity contribution in [2.75, 3.05) is 109 Å². The number of methoxy groups -OCH3 is 8. The Hall–Kier alpha value is -7.16. The van der Waals surface area contributed by atoms with E-state index in [0.29, 0.717) is 18.2 Å². The fraction of sp³-hybridized carbons (Fsp3) is 0.708. The second kappa shape index (κ2) is 43.9. The molecule has 4 saturated heterocycles. The van der Waals surface area contributed by atoms with Crippen molar-refractivity contribution in [2.24, 2.45) is 93.8 Å². The average Bonchev–Trinajstić information content (AvgIpc) is 0.640. The second-order valence-electron chi connectivity index (χ2n) is 28.3. The van der Waals surface area contributed by atoms with Gasteiger partial charge >= 0.3 is 23.9 Å². The highest BCUT2D eigenvalue weighted by Gasteiger charge is 2.47. The standard InChI is InChI=1S/4C24H38N2O4/c4*1-14(2)9-17-13-26-8-7-16-10-21(28-5)22(29-6)11-18(16)19(26)12-20(17)30-24(27)23(25)15(3)4/h4*10-11,14-15,17,19-20,23H,7-9,12-13,25H2,1-6H3/t4*17?,19?,20?,23-/m0000/s1/i3D3,4D3,5D3,7D2,8D2,12D2,13D2,15D,17D,20D,23D;3D3,4D3,5D3,7D2,8D2,12D2,13D2,15D,17D,19D,23D;2*3D3,4D3,7D2,8D2,12D2,13D2,15D,17D,19D,23D. The largest absolute Gasteiger partial charge is 0.493 e.